The molecule has 0 aromatic carbocycles. The van der Waals surface area contributed by atoms with Crippen LogP contribution in [0.25, 0.3) is 0 Å². The van der Waals surface area contributed by atoms with Gasteiger partial charge in [0.05, 0.1) is 26.4 Å². The van der Waals surface area contributed by atoms with Gasteiger partial charge >= 0.3 is 6.16 Å². The molecule has 0 aliphatic heterocycles. The minimum absolute atomic E-state index is 0.222. The van der Waals surface area contributed by atoms with Crippen LogP contribution in [0.5, 0.6) is 0 Å². The summed E-state index contributed by atoms with van der Waals surface area (Å²) >= 11 is 0. The number of hydrogen-bond donors (Lipinski definition) is 0. The third kappa shape index (κ3) is 13.3. The number of unbranched alkanes of at least 4 members (excludes halogenated alkanes) is 2. The second-order valence-corrected chi connectivity index (χ2v) is 3.88. The van der Waals surface area contributed by atoms with Gasteiger partial charge in [-0.3, -0.25) is 0 Å². The van der Waals surface area contributed by atoms with Gasteiger partial charge in [-0.1, -0.05) is 26.7 Å². The second-order valence-electron chi connectivity index (χ2n) is 3.88. The van der Waals surface area contributed by atoms with Crippen molar-refractivity contribution < 1.29 is 23.7 Å². The monoisotopic (exact) mass is 262 g/mol. The molecule has 0 rings (SSSR count). The Hall–Kier alpha value is -0.810. The van der Waals surface area contributed by atoms with Gasteiger partial charge in [0.2, 0.25) is 0 Å². The number of rotatable bonds is 12. The molecule has 108 valence electrons. The first-order chi connectivity index (χ1) is 8.81. The van der Waals surface area contributed by atoms with Gasteiger partial charge < -0.3 is 18.9 Å². The van der Waals surface area contributed by atoms with Gasteiger partial charge in [0.15, 0.2) is 0 Å². The molecule has 18 heavy (non-hydrogen) atoms. The van der Waals surface area contributed by atoms with Crippen molar-refractivity contribution in [1.82, 2.24) is 0 Å². The molecule has 0 fully saturated rings. The Labute approximate surface area is 110 Å². The third-order valence-electron chi connectivity index (χ3n) is 2.18. The molecule has 0 N–H and O–H groups in total. The van der Waals surface area contributed by atoms with Crippen molar-refractivity contribution >= 4 is 6.16 Å². The molecule has 0 aliphatic carbocycles. The fraction of sp³-hybridized carbons (Fsp3) is 0.923. The van der Waals surface area contributed by atoms with E-state index in [0.717, 1.165) is 32.3 Å². The smallest absolute Gasteiger partial charge is 0.434 e. The van der Waals surface area contributed by atoms with Crippen LogP contribution < -0.4 is 0 Å². The van der Waals surface area contributed by atoms with Crippen LogP contribution in [-0.2, 0) is 18.9 Å². The summed E-state index contributed by atoms with van der Waals surface area (Å²) in [5.74, 6) is 0. The summed E-state index contributed by atoms with van der Waals surface area (Å²) in [4.78, 5) is 11.0. The van der Waals surface area contributed by atoms with Crippen LogP contribution in [0.2, 0.25) is 0 Å². The Bertz CT molecular complexity index is 184. The summed E-state index contributed by atoms with van der Waals surface area (Å²) in [6, 6.07) is 0. The van der Waals surface area contributed by atoms with Crippen LogP contribution in [0.3, 0.4) is 0 Å². The molecule has 0 heterocycles. The number of carbonyl (C=O) groups excluding carboxylic acids is 1. The molecule has 0 bridgehead atoms. The van der Waals surface area contributed by atoms with E-state index in [1.165, 1.54) is 0 Å². The number of ether oxygens (including phenoxy) is 4. The molecule has 0 aliphatic rings. The summed E-state index contributed by atoms with van der Waals surface area (Å²) in [6.07, 6.45) is 3.45. The zero-order chi connectivity index (χ0) is 13.5. The standard InChI is InChI=1S/C13H26O5/c1-3-5-7-15-9-10-16-11-12-18-13(14)17-8-6-4-2/h3-12H2,1-2H3. The lowest BCUT2D eigenvalue weighted by atomic mass is 10.4. The molecule has 0 unspecified atom stereocenters. The zero-order valence-corrected chi connectivity index (χ0v) is 11.6. The largest absolute Gasteiger partial charge is 0.508 e. The van der Waals surface area contributed by atoms with E-state index in [4.69, 9.17) is 18.9 Å². The van der Waals surface area contributed by atoms with Gasteiger partial charge in [-0.25, -0.2) is 4.79 Å². The van der Waals surface area contributed by atoms with Crippen LogP contribution in [0, 0.1) is 0 Å². The maximum absolute atomic E-state index is 11.0. The molecule has 0 amide bonds. The predicted molar refractivity (Wildman–Crippen MR) is 68.8 cm³/mol. The van der Waals surface area contributed by atoms with Gasteiger partial charge in [0.25, 0.3) is 0 Å². The quantitative estimate of drug-likeness (QED) is 0.400. The summed E-state index contributed by atoms with van der Waals surface area (Å²) < 4.78 is 20.2. The van der Waals surface area contributed by atoms with E-state index in [1.54, 1.807) is 0 Å². The molecule has 0 saturated carbocycles. The molecule has 0 aromatic heterocycles. The Balaban J connectivity index is 3.08. The van der Waals surface area contributed by atoms with Crippen molar-refractivity contribution in [1.29, 1.82) is 0 Å². The first-order valence-corrected chi connectivity index (χ1v) is 6.76. The SMILES string of the molecule is CCCCOCCOCCOC(=O)OCCCC. The molecule has 0 saturated heterocycles. The molecule has 0 spiro atoms. The van der Waals surface area contributed by atoms with Gasteiger partial charge in [-0.2, -0.15) is 0 Å². The van der Waals surface area contributed by atoms with Crippen molar-refractivity contribution in [2.75, 3.05) is 39.6 Å². The summed E-state index contributed by atoms with van der Waals surface area (Å²) in [5.41, 5.74) is 0. The van der Waals surface area contributed by atoms with Crippen molar-refractivity contribution in [3.63, 3.8) is 0 Å². The summed E-state index contributed by atoms with van der Waals surface area (Å²) in [5, 5.41) is 0. The van der Waals surface area contributed by atoms with Crippen LogP contribution in [0.1, 0.15) is 39.5 Å². The van der Waals surface area contributed by atoms with E-state index in [2.05, 4.69) is 6.92 Å². The fourth-order valence-corrected chi connectivity index (χ4v) is 1.09. The highest BCUT2D eigenvalue weighted by Gasteiger charge is 2.02. The van der Waals surface area contributed by atoms with Crippen LogP contribution in [-0.4, -0.2) is 45.8 Å². The number of hydrogen-bond acceptors (Lipinski definition) is 5. The molecule has 0 aromatic rings. The van der Waals surface area contributed by atoms with E-state index in [9.17, 15) is 4.79 Å². The Morgan fingerprint density at radius 3 is 1.89 bits per heavy atom. The second kappa shape index (κ2) is 14.3. The molecular weight excluding hydrogens is 236 g/mol. The zero-order valence-electron chi connectivity index (χ0n) is 11.6. The highest BCUT2D eigenvalue weighted by atomic mass is 16.7. The number of carbonyl (C=O) groups is 1. The van der Waals surface area contributed by atoms with Crippen molar-refractivity contribution in [2.24, 2.45) is 0 Å². The molecule has 5 nitrogen and oxygen atoms in total. The van der Waals surface area contributed by atoms with E-state index < -0.39 is 6.16 Å². The van der Waals surface area contributed by atoms with Gasteiger partial charge in [-0.05, 0) is 12.8 Å². The topological polar surface area (TPSA) is 54.0 Å². The first kappa shape index (κ1) is 17.2. The predicted octanol–water partition coefficient (Wildman–Crippen LogP) is 2.77. The lowest BCUT2D eigenvalue weighted by molar-refractivity contribution is 0.00853. The average molecular weight is 262 g/mol. The maximum Gasteiger partial charge on any atom is 0.508 e. The van der Waals surface area contributed by atoms with Crippen LogP contribution in [0.15, 0.2) is 0 Å². The molecule has 5 heteroatoms. The normalized spacial score (nSPS) is 10.3. The highest BCUT2D eigenvalue weighted by Crippen LogP contribution is 1.92. The van der Waals surface area contributed by atoms with Crippen LogP contribution >= 0.6 is 0 Å². The van der Waals surface area contributed by atoms with E-state index in [0.29, 0.717) is 26.4 Å². The van der Waals surface area contributed by atoms with Crippen LogP contribution in [0.4, 0.5) is 4.79 Å². The highest BCUT2D eigenvalue weighted by molar-refractivity contribution is 5.59. The maximum atomic E-state index is 11.0. The summed E-state index contributed by atoms with van der Waals surface area (Å²) in [7, 11) is 0. The van der Waals surface area contributed by atoms with E-state index >= 15 is 0 Å². The average Bonchev–Trinajstić information content (AvgIpc) is 2.37. The lowest BCUT2D eigenvalue weighted by Gasteiger charge is -2.07. The Morgan fingerprint density at radius 2 is 1.22 bits per heavy atom. The Morgan fingerprint density at radius 1 is 0.722 bits per heavy atom. The minimum Gasteiger partial charge on any atom is -0.434 e. The fourth-order valence-electron chi connectivity index (χ4n) is 1.09. The minimum atomic E-state index is -0.619. The summed E-state index contributed by atoms with van der Waals surface area (Å²) in [6.45, 7) is 7.06. The van der Waals surface area contributed by atoms with Gasteiger partial charge in [0, 0.05) is 6.61 Å². The van der Waals surface area contributed by atoms with Crippen molar-refractivity contribution in [3.8, 4) is 0 Å². The van der Waals surface area contributed by atoms with Crippen molar-refractivity contribution in [3.05, 3.63) is 0 Å². The van der Waals surface area contributed by atoms with Crippen molar-refractivity contribution in [2.45, 2.75) is 39.5 Å². The van der Waals surface area contributed by atoms with E-state index in [-0.39, 0.29) is 6.61 Å². The van der Waals surface area contributed by atoms with Gasteiger partial charge in [0.1, 0.15) is 6.61 Å². The lowest BCUT2D eigenvalue weighted by Crippen LogP contribution is -2.14. The first-order valence-electron chi connectivity index (χ1n) is 6.76. The molecule has 0 radical (unpaired) electrons. The molecule has 0 atom stereocenters. The van der Waals surface area contributed by atoms with E-state index in [1.807, 2.05) is 6.92 Å². The van der Waals surface area contributed by atoms with Gasteiger partial charge in [-0.15, -0.1) is 0 Å². The third-order valence-corrected chi connectivity index (χ3v) is 2.18. The molecular formula is C13H26O5. The Kier molecular flexibility index (Phi) is 13.6.